The van der Waals surface area contributed by atoms with E-state index >= 15 is 0 Å². The first-order valence-corrected chi connectivity index (χ1v) is 6.63. The highest BCUT2D eigenvalue weighted by Gasteiger charge is 2.09. The molecule has 18 heavy (non-hydrogen) atoms. The molecule has 0 amide bonds. The molecular weight excluding hydrogens is 339 g/mol. The molecule has 2 aromatic rings. The van der Waals surface area contributed by atoms with Crippen LogP contribution < -0.4 is 0 Å². The standard InChI is InChI=1S/C12H9BrCl2N2O/c1-18-6-8-5-11(15)17-12(16-8)9-3-2-7(14)4-10(9)13/h2-5H,6H2,1H3. The van der Waals surface area contributed by atoms with Crippen LogP contribution in [0.5, 0.6) is 0 Å². The number of hydrogen-bond donors (Lipinski definition) is 0. The molecule has 1 aromatic heterocycles. The summed E-state index contributed by atoms with van der Waals surface area (Å²) in [6.45, 7) is 0.389. The number of benzene rings is 1. The van der Waals surface area contributed by atoms with Gasteiger partial charge in [-0.1, -0.05) is 23.2 Å². The van der Waals surface area contributed by atoms with Crippen molar-refractivity contribution < 1.29 is 4.74 Å². The summed E-state index contributed by atoms with van der Waals surface area (Å²) in [5.41, 5.74) is 1.56. The summed E-state index contributed by atoms with van der Waals surface area (Å²) >= 11 is 15.3. The first-order valence-electron chi connectivity index (χ1n) is 5.08. The van der Waals surface area contributed by atoms with Gasteiger partial charge in [0, 0.05) is 22.2 Å². The van der Waals surface area contributed by atoms with Gasteiger partial charge in [-0.05, 0) is 40.2 Å². The molecule has 0 aliphatic rings. The molecule has 1 aromatic carbocycles. The zero-order valence-corrected chi connectivity index (χ0v) is 12.6. The van der Waals surface area contributed by atoms with Gasteiger partial charge in [0.1, 0.15) is 5.15 Å². The molecule has 0 spiro atoms. The van der Waals surface area contributed by atoms with Crippen LogP contribution in [0.1, 0.15) is 5.69 Å². The van der Waals surface area contributed by atoms with Crippen LogP contribution >= 0.6 is 39.1 Å². The molecule has 0 saturated carbocycles. The second-order valence-electron chi connectivity index (χ2n) is 3.56. The average Bonchev–Trinajstić information content (AvgIpc) is 2.28. The zero-order chi connectivity index (χ0) is 13.1. The molecule has 3 nitrogen and oxygen atoms in total. The molecule has 0 radical (unpaired) electrons. The van der Waals surface area contributed by atoms with E-state index in [2.05, 4.69) is 25.9 Å². The summed E-state index contributed by atoms with van der Waals surface area (Å²) < 4.78 is 5.86. The van der Waals surface area contributed by atoms with E-state index in [0.29, 0.717) is 22.6 Å². The Morgan fingerprint density at radius 3 is 2.67 bits per heavy atom. The maximum atomic E-state index is 5.97. The number of halogens is 3. The van der Waals surface area contributed by atoms with Gasteiger partial charge in [0.15, 0.2) is 5.82 Å². The number of aromatic nitrogens is 2. The largest absolute Gasteiger partial charge is 0.378 e. The normalized spacial score (nSPS) is 10.7. The van der Waals surface area contributed by atoms with Crippen molar-refractivity contribution in [2.75, 3.05) is 7.11 Å². The zero-order valence-electron chi connectivity index (χ0n) is 9.45. The number of methoxy groups -OCH3 is 1. The molecule has 6 heteroatoms. The van der Waals surface area contributed by atoms with Crippen LogP contribution in [-0.2, 0) is 11.3 Å². The second kappa shape index (κ2) is 5.97. The van der Waals surface area contributed by atoms with Crippen LogP contribution in [0.2, 0.25) is 10.2 Å². The number of rotatable bonds is 3. The van der Waals surface area contributed by atoms with Crippen LogP contribution in [0.3, 0.4) is 0 Å². The van der Waals surface area contributed by atoms with E-state index in [9.17, 15) is 0 Å². The Bertz CT molecular complexity index is 578. The van der Waals surface area contributed by atoms with Crippen LogP contribution in [0, 0.1) is 0 Å². The summed E-state index contributed by atoms with van der Waals surface area (Å²) in [6, 6.07) is 7.09. The number of nitrogens with zero attached hydrogens (tertiary/aromatic N) is 2. The number of ether oxygens (including phenoxy) is 1. The Balaban J connectivity index is 2.49. The smallest absolute Gasteiger partial charge is 0.162 e. The van der Waals surface area contributed by atoms with Crippen molar-refractivity contribution in [3.8, 4) is 11.4 Å². The molecule has 0 fully saturated rings. The summed E-state index contributed by atoms with van der Waals surface area (Å²) in [6.07, 6.45) is 0. The van der Waals surface area contributed by atoms with Crippen LogP contribution in [0.25, 0.3) is 11.4 Å². The quantitative estimate of drug-likeness (QED) is 0.774. The third-order valence-electron chi connectivity index (χ3n) is 2.21. The van der Waals surface area contributed by atoms with E-state index in [1.54, 1.807) is 25.3 Å². The fraction of sp³-hybridized carbons (Fsp3) is 0.167. The van der Waals surface area contributed by atoms with Gasteiger partial charge in [0.25, 0.3) is 0 Å². The molecular formula is C12H9BrCl2N2O. The van der Waals surface area contributed by atoms with E-state index in [1.165, 1.54) is 0 Å². The lowest BCUT2D eigenvalue weighted by molar-refractivity contribution is 0.181. The third kappa shape index (κ3) is 3.20. The molecule has 0 aliphatic heterocycles. The van der Waals surface area contributed by atoms with Crippen molar-refractivity contribution in [2.45, 2.75) is 6.61 Å². The lowest BCUT2D eigenvalue weighted by atomic mass is 10.2. The van der Waals surface area contributed by atoms with E-state index in [0.717, 1.165) is 15.7 Å². The van der Waals surface area contributed by atoms with E-state index in [4.69, 9.17) is 27.9 Å². The molecule has 0 atom stereocenters. The molecule has 0 unspecified atom stereocenters. The summed E-state index contributed by atoms with van der Waals surface area (Å²) in [7, 11) is 1.61. The molecule has 2 rings (SSSR count). The summed E-state index contributed by atoms with van der Waals surface area (Å²) in [4.78, 5) is 8.59. The lowest BCUT2D eigenvalue weighted by Gasteiger charge is -2.06. The molecule has 0 aliphatic carbocycles. The van der Waals surface area contributed by atoms with Gasteiger partial charge in [0.2, 0.25) is 0 Å². The van der Waals surface area contributed by atoms with Crippen LogP contribution in [0.15, 0.2) is 28.7 Å². The molecule has 0 saturated heterocycles. The maximum Gasteiger partial charge on any atom is 0.162 e. The topological polar surface area (TPSA) is 35.0 Å². The SMILES string of the molecule is COCc1cc(Cl)nc(-c2ccc(Cl)cc2Br)n1. The van der Waals surface area contributed by atoms with Crippen molar-refractivity contribution in [2.24, 2.45) is 0 Å². The Morgan fingerprint density at radius 2 is 2.00 bits per heavy atom. The van der Waals surface area contributed by atoms with Crippen molar-refractivity contribution in [3.63, 3.8) is 0 Å². The lowest BCUT2D eigenvalue weighted by Crippen LogP contribution is -1.98. The molecule has 94 valence electrons. The minimum Gasteiger partial charge on any atom is -0.378 e. The highest BCUT2D eigenvalue weighted by atomic mass is 79.9. The van der Waals surface area contributed by atoms with Crippen molar-refractivity contribution >= 4 is 39.1 Å². The first kappa shape index (κ1) is 13.7. The van der Waals surface area contributed by atoms with Gasteiger partial charge in [-0.3, -0.25) is 0 Å². The summed E-state index contributed by atoms with van der Waals surface area (Å²) in [5, 5.41) is 1.03. The van der Waals surface area contributed by atoms with Crippen molar-refractivity contribution in [3.05, 3.63) is 44.6 Å². The van der Waals surface area contributed by atoms with E-state index in [-0.39, 0.29) is 0 Å². The minimum absolute atomic E-state index is 0.383. The van der Waals surface area contributed by atoms with Gasteiger partial charge in [-0.25, -0.2) is 9.97 Å². The first-order chi connectivity index (χ1) is 8.60. The predicted molar refractivity (Wildman–Crippen MR) is 75.9 cm³/mol. The van der Waals surface area contributed by atoms with Gasteiger partial charge in [0.05, 0.1) is 12.3 Å². The summed E-state index contributed by atoms with van der Waals surface area (Å²) in [5.74, 6) is 0.540. The average molecular weight is 348 g/mol. The van der Waals surface area contributed by atoms with Gasteiger partial charge >= 0.3 is 0 Å². The van der Waals surface area contributed by atoms with Crippen molar-refractivity contribution in [1.29, 1.82) is 0 Å². The van der Waals surface area contributed by atoms with Gasteiger partial charge < -0.3 is 4.74 Å². The van der Waals surface area contributed by atoms with Gasteiger partial charge in [-0.15, -0.1) is 0 Å². The van der Waals surface area contributed by atoms with E-state index in [1.807, 2.05) is 6.07 Å². The molecule has 1 heterocycles. The van der Waals surface area contributed by atoms with Crippen molar-refractivity contribution in [1.82, 2.24) is 9.97 Å². The fourth-order valence-electron chi connectivity index (χ4n) is 1.48. The Morgan fingerprint density at radius 1 is 1.22 bits per heavy atom. The van der Waals surface area contributed by atoms with E-state index < -0.39 is 0 Å². The maximum absolute atomic E-state index is 5.97. The molecule has 0 N–H and O–H groups in total. The fourth-order valence-corrected chi connectivity index (χ4v) is 2.54. The van der Waals surface area contributed by atoms with Crippen LogP contribution in [-0.4, -0.2) is 17.1 Å². The Hall–Kier alpha value is -0.680. The van der Waals surface area contributed by atoms with Gasteiger partial charge in [-0.2, -0.15) is 0 Å². The predicted octanol–water partition coefficient (Wildman–Crippen LogP) is 4.36. The highest BCUT2D eigenvalue weighted by molar-refractivity contribution is 9.10. The number of hydrogen-bond acceptors (Lipinski definition) is 3. The Labute approximate surface area is 123 Å². The minimum atomic E-state index is 0.383. The monoisotopic (exact) mass is 346 g/mol. The third-order valence-corrected chi connectivity index (χ3v) is 3.30. The molecule has 0 bridgehead atoms. The second-order valence-corrected chi connectivity index (χ2v) is 5.24. The highest BCUT2D eigenvalue weighted by Crippen LogP contribution is 2.29. The Kier molecular flexibility index (Phi) is 4.56. The van der Waals surface area contributed by atoms with Crippen LogP contribution in [0.4, 0.5) is 0 Å².